The molecular weight excluding hydrogens is 865 g/mol. The second kappa shape index (κ2) is 17.3. The van der Waals surface area contributed by atoms with Crippen molar-refractivity contribution < 1.29 is 4.42 Å². The fraction of sp³-hybridized carbons (Fsp3) is 0. The zero-order chi connectivity index (χ0) is 46.4. The van der Waals surface area contributed by atoms with Crippen LogP contribution in [0.3, 0.4) is 0 Å². The van der Waals surface area contributed by atoms with Gasteiger partial charge in [0, 0.05) is 49.9 Å². The molecule has 0 spiro atoms. The van der Waals surface area contributed by atoms with Gasteiger partial charge >= 0.3 is 0 Å². The molecular formula is C66H46N2OSi. The van der Waals surface area contributed by atoms with Crippen LogP contribution in [-0.2, 0) is 0 Å². The fourth-order valence-electron chi connectivity index (χ4n) is 10.9. The first-order valence-corrected chi connectivity index (χ1v) is 26.0. The Bertz CT molecular complexity index is 3810. The van der Waals surface area contributed by atoms with Gasteiger partial charge in [-0.25, -0.2) is 0 Å². The average Bonchev–Trinajstić information content (AvgIpc) is 3.99. The van der Waals surface area contributed by atoms with Crippen LogP contribution in [0.5, 0.6) is 0 Å². The van der Waals surface area contributed by atoms with Crippen LogP contribution < -0.4 is 25.6 Å². The molecule has 0 atom stereocenters. The van der Waals surface area contributed by atoms with Gasteiger partial charge in [0.2, 0.25) is 0 Å². The summed E-state index contributed by atoms with van der Waals surface area (Å²) in [6.45, 7) is 0. The number of aromatic nitrogens is 1. The van der Waals surface area contributed by atoms with E-state index in [9.17, 15) is 0 Å². The van der Waals surface area contributed by atoms with Gasteiger partial charge in [-0.15, -0.1) is 0 Å². The molecule has 0 bridgehead atoms. The van der Waals surface area contributed by atoms with Gasteiger partial charge in [0.1, 0.15) is 11.2 Å². The number of furan rings is 1. The molecule has 0 N–H and O–H groups in total. The Kier molecular flexibility index (Phi) is 10.2. The van der Waals surface area contributed by atoms with E-state index in [1.54, 1.807) is 0 Å². The summed E-state index contributed by atoms with van der Waals surface area (Å²) >= 11 is 0. The largest absolute Gasteiger partial charge is 0.455 e. The Morgan fingerprint density at radius 3 is 1.23 bits per heavy atom. The lowest BCUT2D eigenvalue weighted by atomic mass is 10.0. The van der Waals surface area contributed by atoms with E-state index in [1.807, 2.05) is 12.1 Å². The van der Waals surface area contributed by atoms with E-state index in [2.05, 4.69) is 276 Å². The summed E-state index contributed by atoms with van der Waals surface area (Å²) < 4.78 is 8.86. The molecule has 0 saturated heterocycles. The third kappa shape index (κ3) is 6.88. The van der Waals surface area contributed by atoms with E-state index < -0.39 is 8.07 Å². The maximum Gasteiger partial charge on any atom is 0.179 e. The number of para-hydroxylation sites is 4. The van der Waals surface area contributed by atoms with Gasteiger partial charge in [-0.3, -0.25) is 0 Å². The Morgan fingerprint density at radius 2 is 0.700 bits per heavy atom. The topological polar surface area (TPSA) is 21.3 Å². The molecule has 13 rings (SSSR count). The van der Waals surface area contributed by atoms with Crippen molar-refractivity contribution in [3.63, 3.8) is 0 Å². The molecule has 330 valence electrons. The monoisotopic (exact) mass is 910 g/mol. The van der Waals surface area contributed by atoms with E-state index >= 15 is 0 Å². The fourth-order valence-corrected chi connectivity index (χ4v) is 15.7. The first kappa shape index (κ1) is 41.2. The molecule has 0 amide bonds. The van der Waals surface area contributed by atoms with Crippen molar-refractivity contribution in [1.82, 2.24) is 4.57 Å². The van der Waals surface area contributed by atoms with Crippen LogP contribution in [0.2, 0.25) is 0 Å². The van der Waals surface area contributed by atoms with Crippen molar-refractivity contribution in [2.45, 2.75) is 0 Å². The predicted molar refractivity (Wildman–Crippen MR) is 297 cm³/mol. The van der Waals surface area contributed by atoms with Gasteiger partial charge in [0.05, 0.1) is 11.0 Å². The average molecular weight is 911 g/mol. The summed E-state index contributed by atoms with van der Waals surface area (Å²) in [5.74, 6) is 0. The Balaban J connectivity index is 0.907. The number of hydrogen-bond donors (Lipinski definition) is 0. The normalized spacial score (nSPS) is 11.7. The molecule has 2 heterocycles. The molecule has 0 aliphatic heterocycles. The molecule has 70 heavy (non-hydrogen) atoms. The van der Waals surface area contributed by atoms with Crippen molar-refractivity contribution in [3.05, 3.63) is 279 Å². The highest BCUT2D eigenvalue weighted by Crippen LogP contribution is 2.40. The van der Waals surface area contributed by atoms with E-state index in [1.165, 1.54) is 48.1 Å². The first-order valence-electron chi connectivity index (χ1n) is 24.0. The summed E-state index contributed by atoms with van der Waals surface area (Å²) in [5.41, 5.74) is 13.1. The molecule has 0 radical (unpaired) electrons. The van der Waals surface area contributed by atoms with Crippen LogP contribution in [0.25, 0.3) is 71.7 Å². The van der Waals surface area contributed by atoms with Gasteiger partial charge in [-0.05, 0) is 104 Å². The maximum absolute atomic E-state index is 6.49. The molecule has 0 aliphatic carbocycles. The summed E-state index contributed by atoms with van der Waals surface area (Å²) in [5, 5.41) is 10.2. The predicted octanol–water partition coefficient (Wildman–Crippen LogP) is 14.9. The maximum atomic E-state index is 6.49. The smallest absolute Gasteiger partial charge is 0.179 e. The lowest BCUT2D eigenvalue weighted by Gasteiger charge is -2.35. The van der Waals surface area contributed by atoms with Crippen LogP contribution in [0.1, 0.15) is 0 Å². The Hall–Kier alpha value is -8.96. The summed E-state index contributed by atoms with van der Waals surface area (Å²) in [6, 6.07) is 102. The molecule has 4 heteroatoms. The van der Waals surface area contributed by atoms with Crippen LogP contribution in [0.15, 0.2) is 283 Å². The standard InChI is InChI=1S/C66H46N2OSi/c1-4-17-54(18-5-1)70(55-19-6-2-7-20-55,56-21-8-3-9-22-56)57-45-43-52(44-46-57)67(51-41-35-49(36-42-51)58-26-16-27-62-61-25-12-15-30-65(61)69-66(58)62)50-37-31-47(32-38-50)48-33-39-53(40-34-48)68-63-28-13-10-23-59(63)60-24-11-14-29-64(60)68/h1-46H. The van der Waals surface area contributed by atoms with E-state index in [0.29, 0.717) is 0 Å². The number of anilines is 3. The molecule has 2 aromatic heterocycles. The lowest BCUT2D eigenvalue weighted by molar-refractivity contribution is 0.670. The van der Waals surface area contributed by atoms with Crippen molar-refractivity contribution in [2.24, 2.45) is 0 Å². The van der Waals surface area contributed by atoms with Crippen molar-refractivity contribution in [3.8, 4) is 27.9 Å². The molecule has 0 fully saturated rings. The third-order valence-corrected chi connectivity index (χ3v) is 19.0. The van der Waals surface area contributed by atoms with Crippen molar-refractivity contribution in [1.29, 1.82) is 0 Å². The Labute approximate surface area is 408 Å². The van der Waals surface area contributed by atoms with Crippen molar-refractivity contribution in [2.75, 3.05) is 4.90 Å². The Morgan fingerprint density at radius 1 is 0.300 bits per heavy atom. The van der Waals surface area contributed by atoms with Crippen LogP contribution in [0.4, 0.5) is 17.1 Å². The van der Waals surface area contributed by atoms with Gasteiger partial charge < -0.3 is 13.9 Å². The number of rotatable bonds is 10. The highest BCUT2D eigenvalue weighted by molar-refractivity contribution is 7.19. The summed E-state index contributed by atoms with van der Waals surface area (Å²) in [4.78, 5) is 2.38. The molecule has 11 aromatic carbocycles. The second-order valence-corrected chi connectivity index (χ2v) is 21.8. The zero-order valence-corrected chi connectivity index (χ0v) is 39.4. The number of hydrogen-bond acceptors (Lipinski definition) is 2. The molecule has 0 saturated carbocycles. The second-order valence-electron chi connectivity index (χ2n) is 18.0. The van der Waals surface area contributed by atoms with Gasteiger partial charge in [0.15, 0.2) is 8.07 Å². The number of benzene rings is 11. The zero-order valence-electron chi connectivity index (χ0n) is 38.4. The highest BCUT2D eigenvalue weighted by atomic mass is 28.3. The molecule has 13 aromatic rings. The lowest BCUT2D eigenvalue weighted by Crippen LogP contribution is -2.74. The van der Waals surface area contributed by atoms with E-state index in [0.717, 1.165) is 61.4 Å². The van der Waals surface area contributed by atoms with Crippen LogP contribution in [0, 0.1) is 0 Å². The van der Waals surface area contributed by atoms with Crippen molar-refractivity contribution >= 4 is 89.6 Å². The number of fused-ring (bicyclic) bond motifs is 6. The minimum atomic E-state index is -2.72. The number of nitrogens with zero attached hydrogens (tertiary/aromatic N) is 2. The quantitative estimate of drug-likeness (QED) is 0.101. The van der Waals surface area contributed by atoms with Crippen LogP contribution >= 0.6 is 0 Å². The first-order chi connectivity index (χ1) is 34.7. The third-order valence-electron chi connectivity index (χ3n) is 14.2. The van der Waals surface area contributed by atoms with Gasteiger partial charge in [0.25, 0.3) is 0 Å². The summed E-state index contributed by atoms with van der Waals surface area (Å²) in [6.07, 6.45) is 0. The van der Waals surface area contributed by atoms with E-state index in [-0.39, 0.29) is 0 Å². The van der Waals surface area contributed by atoms with Gasteiger partial charge in [-0.1, -0.05) is 212 Å². The summed E-state index contributed by atoms with van der Waals surface area (Å²) in [7, 11) is -2.72. The van der Waals surface area contributed by atoms with E-state index in [4.69, 9.17) is 4.42 Å². The highest BCUT2D eigenvalue weighted by Gasteiger charge is 2.41. The molecule has 0 unspecified atom stereocenters. The minimum absolute atomic E-state index is 0.901. The van der Waals surface area contributed by atoms with Crippen LogP contribution in [-0.4, -0.2) is 12.6 Å². The minimum Gasteiger partial charge on any atom is -0.455 e. The molecule has 0 aliphatic rings. The molecule has 3 nitrogen and oxygen atoms in total. The SMILES string of the molecule is c1ccc([Si](c2ccccc2)(c2ccccc2)c2ccc(N(c3ccc(-c4ccc(-n5c6ccccc6c6ccccc65)cc4)cc3)c3ccc(-c4cccc5c4oc4ccccc45)cc3)cc2)cc1. The van der Waals surface area contributed by atoms with Gasteiger partial charge in [-0.2, -0.15) is 0 Å².